The molecule has 0 saturated carbocycles. The highest BCUT2D eigenvalue weighted by Crippen LogP contribution is 2.42. The molecule has 1 unspecified atom stereocenters. The molecule has 1 heterocycles. The SMILES string of the molecule is CC12CC=CC=C1C(=O)N(CCCC(=O)c1ccccc1)C2=O. The van der Waals surface area contributed by atoms with Gasteiger partial charge in [-0.1, -0.05) is 48.6 Å². The van der Waals surface area contributed by atoms with Gasteiger partial charge in [-0.3, -0.25) is 19.3 Å². The van der Waals surface area contributed by atoms with Crippen LogP contribution in [0.5, 0.6) is 0 Å². The van der Waals surface area contributed by atoms with Crippen LogP contribution < -0.4 is 0 Å². The third kappa shape index (κ3) is 2.65. The summed E-state index contributed by atoms with van der Waals surface area (Å²) in [6.07, 6.45) is 6.85. The van der Waals surface area contributed by atoms with Gasteiger partial charge in [0.15, 0.2) is 5.78 Å². The molecule has 2 aliphatic rings. The molecule has 0 bridgehead atoms. The summed E-state index contributed by atoms with van der Waals surface area (Å²) < 4.78 is 0. The Morgan fingerprint density at radius 2 is 1.96 bits per heavy atom. The van der Waals surface area contributed by atoms with Crippen molar-refractivity contribution >= 4 is 17.6 Å². The number of hydrogen-bond donors (Lipinski definition) is 0. The van der Waals surface area contributed by atoms with E-state index in [1.165, 1.54) is 4.90 Å². The Hall–Kier alpha value is -2.49. The first kappa shape index (κ1) is 15.4. The minimum absolute atomic E-state index is 0.0363. The van der Waals surface area contributed by atoms with Crippen molar-refractivity contribution < 1.29 is 14.4 Å². The van der Waals surface area contributed by atoms with Crippen LogP contribution in [0.1, 0.15) is 36.5 Å². The van der Waals surface area contributed by atoms with E-state index >= 15 is 0 Å². The number of fused-ring (bicyclic) bond motifs is 1. The lowest BCUT2D eigenvalue weighted by atomic mass is 9.78. The third-order valence-corrected chi connectivity index (χ3v) is 4.59. The van der Waals surface area contributed by atoms with E-state index in [1.807, 2.05) is 37.3 Å². The number of likely N-dealkylation sites (tertiary alicyclic amines) is 1. The second-order valence-electron chi connectivity index (χ2n) is 6.20. The van der Waals surface area contributed by atoms with Gasteiger partial charge in [0.05, 0.1) is 5.41 Å². The van der Waals surface area contributed by atoms with Gasteiger partial charge in [-0.2, -0.15) is 0 Å². The molecular weight excluding hydrogens is 290 g/mol. The number of nitrogens with zero attached hydrogens (tertiary/aromatic N) is 1. The summed E-state index contributed by atoms with van der Waals surface area (Å²) in [7, 11) is 0. The van der Waals surface area contributed by atoms with Gasteiger partial charge in [0.1, 0.15) is 0 Å². The fourth-order valence-electron chi connectivity index (χ4n) is 3.18. The molecule has 0 spiro atoms. The van der Waals surface area contributed by atoms with E-state index in [1.54, 1.807) is 18.2 Å². The zero-order chi connectivity index (χ0) is 16.4. The van der Waals surface area contributed by atoms with Gasteiger partial charge in [0.2, 0.25) is 5.91 Å². The number of Topliss-reactive ketones (excluding diaryl/α,β-unsaturated/α-hetero) is 1. The summed E-state index contributed by atoms with van der Waals surface area (Å²) in [5, 5.41) is 0. The molecule has 1 fully saturated rings. The molecule has 23 heavy (non-hydrogen) atoms. The van der Waals surface area contributed by atoms with E-state index in [-0.39, 0.29) is 17.6 Å². The number of carbonyl (C=O) groups excluding carboxylic acids is 3. The molecule has 0 radical (unpaired) electrons. The van der Waals surface area contributed by atoms with Crippen LogP contribution in [0.25, 0.3) is 0 Å². The molecule has 1 atom stereocenters. The summed E-state index contributed by atoms with van der Waals surface area (Å²) in [4.78, 5) is 38.4. The van der Waals surface area contributed by atoms with Crippen LogP contribution in [0.4, 0.5) is 0 Å². The normalized spacial score (nSPS) is 23.0. The number of allylic oxidation sites excluding steroid dienone is 3. The van der Waals surface area contributed by atoms with E-state index in [9.17, 15) is 14.4 Å². The average Bonchev–Trinajstić information content (AvgIpc) is 2.76. The number of hydrogen-bond acceptors (Lipinski definition) is 3. The number of imide groups is 1. The Kier molecular flexibility index (Phi) is 3.99. The molecule has 1 aromatic carbocycles. The Labute approximate surface area is 135 Å². The van der Waals surface area contributed by atoms with Gasteiger partial charge in [0.25, 0.3) is 5.91 Å². The lowest BCUT2D eigenvalue weighted by Crippen LogP contribution is -2.35. The van der Waals surface area contributed by atoms with Crippen molar-refractivity contribution in [2.24, 2.45) is 5.41 Å². The van der Waals surface area contributed by atoms with Crippen molar-refractivity contribution in [3.05, 3.63) is 59.7 Å². The highest BCUT2D eigenvalue weighted by Gasteiger charge is 2.51. The third-order valence-electron chi connectivity index (χ3n) is 4.59. The zero-order valence-corrected chi connectivity index (χ0v) is 13.1. The van der Waals surface area contributed by atoms with Crippen LogP contribution in [0, 0.1) is 5.41 Å². The van der Waals surface area contributed by atoms with Crippen molar-refractivity contribution in [2.75, 3.05) is 6.54 Å². The number of carbonyl (C=O) groups is 3. The van der Waals surface area contributed by atoms with Crippen LogP contribution in [-0.2, 0) is 9.59 Å². The minimum Gasteiger partial charge on any atom is -0.294 e. The zero-order valence-electron chi connectivity index (χ0n) is 13.1. The molecule has 0 aromatic heterocycles. The maximum atomic E-state index is 12.6. The second kappa shape index (κ2) is 5.95. The quantitative estimate of drug-likeness (QED) is 0.621. The number of amides is 2. The van der Waals surface area contributed by atoms with Gasteiger partial charge in [-0.05, 0) is 19.8 Å². The summed E-state index contributed by atoms with van der Waals surface area (Å²) in [6, 6.07) is 9.07. The summed E-state index contributed by atoms with van der Waals surface area (Å²) in [5.74, 6) is -0.325. The average molecular weight is 309 g/mol. The van der Waals surface area contributed by atoms with Crippen molar-refractivity contribution in [3.63, 3.8) is 0 Å². The fourth-order valence-corrected chi connectivity index (χ4v) is 3.18. The predicted molar refractivity (Wildman–Crippen MR) is 86.7 cm³/mol. The Morgan fingerprint density at radius 3 is 2.65 bits per heavy atom. The summed E-state index contributed by atoms with van der Waals surface area (Å²) in [5.41, 5.74) is 0.508. The molecule has 118 valence electrons. The molecule has 4 nitrogen and oxygen atoms in total. The van der Waals surface area contributed by atoms with E-state index in [0.29, 0.717) is 36.9 Å². The smallest absolute Gasteiger partial charge is 0.257 e. The highest BCUT2D eigenvalue weighted by atomic mass is 16.2. The monoisotopic (exact) mass is 309 g/mol. The maximum Gasteiger partial charge on any atom is 0.257 e. The molecule has 1 saturated heterocycles. The topological polar surface area (TPSA) is 54.5 Å². The molecule has 1 aromatic rings. The molecule has 3 rings (SSSR count). The fraction of sp³-hybridized carbons (Fsp3) is 0.316. The van der Waals surface area contributed by atoms with Crippen LogP contribution >= 0.6 is 0 Å². The van der Waals surface area contributed by atoms with Crippen molar-refractivity contribution in [1.29, 1.82) is 0 Å². The lowest BCUT2D eigenvalue weighted by molar-refractivity contribution is -0.141. The van der Waals surface area contributed by atoms with E-state index in [4.69, 9.17) is 0 Å². The van der Waals surface area contributed by atoms with Crippen molar-refractivity contribution in [3.8, 4) is 0 Å². The van der Waals surface area contributed by atoms with Crippen LogP contribution in [0.2, 0.25) is 0 Å². The Balaban J connectivity index is 1.62. The van der Waals surface area contributed by atoms with Crippen LogP contribution in [-0.4, -0.2) is 29.0 Å². The van der Waals surface area contributed by atoms with Gasteiger partial charge in [0, 0.05) is 24.1 Å². The van der Waals surface area contributed by atoms with Crippen molar-refractivity contribution in [2.45, 2.75) is 26.2 Å². The largest absolute Gasteiger partial charge is 0.294 e. The van der Waals surface area contributed by atoms with Gasteiger partial charge in [-0.25, -0.2) is 0 Å². The van der Waals surface area contributed by atoms with Crippen LogP contribution in [0.3, 0.4) is 0 Å². The first-order valence-corrected chi connectivity index (χ1v) is 7.86. The van der Waals surface area contributed by atoms with Gasteiger partial charge < -0.3 is 0 Å². The minimum atomic E-state index is -0.727. The summed E-state index contributed by atoms with van der Waals surface area (Å²) in [6.45, 7) is 2.11. The van der Waals surface area contributed by atoms with Crippen LogP contribution in [0.15, 0.2) is 54.1 Å². The molecule has 1 aliphatic heterocycles. The summed E-state index contributed by atoms with van der Waals surface area (Å²) >= 11 is 0. The molecule has 0 N–H and O–H groups in total. The molecule has 1 aliphatic carbocycles. The Bertz CT molecular complexity index is 717. The number of rotatable bonds is 5. The van der Waals surface area contributed by atoms with E-state index in [0.717, 1.165) is 0 Å². The highest BCUT2D eigenvalue weighted by molar-refractivity contribution is 6.17. The molecule has 2 amide bonds. The van der Waals surface area contributed by atoms with E-state index in [2.05, 4.69) is 0 Å². The standard InChI is InChI=1S/C19H19NO3/c1-19-12-6-5-10-15(19)17(22)20(18(19)23)13-7-11-16(21)14-8-3-2-4-9-14/h2-6,8-10H,7,11-13H2,1H3. The predicted octanol–water partition coefficient (Wildman–Crippen LogP) is 2.91. The first-order chi connectivity index (χ1) is 11.0. The van der Waals surface area contributed by atoms with E-state index < -0.39 is 5.41 Å². The maximum absolute atomic E-state index is 12.6. The molecule has 4 heteroatoms. The lowest BCUT2D eigenvalue weighted by Gasteiger charge is -2.22. The second-order valence-corrected chi connectivity index (χ2v) is 6.20. The first-order valence-electron chi connectivity index (χ1n) is 7.86. The van der Waals surface area contributed by atoms with Gasteiger partial charge in [-0.15, -0.1) is 0 Å². The Morgan fingerprint density at radius 1 is 1.22 bits per heavy atom. The van der Waals surface area contributed by atoms with Gasteiger partial charge >= 0.3 is 0 Å². The number of benzene rings is 1. The molecular formula is C19H19NO3. The number of ketones is 1. The van der Waals surface area contributed by atoms with Crippen molar-refractivity contribution in [1.82, 2.24) is 4.90 Å².